The lowest BCUT2D eigenvalue weighted by Gasteiger charge is -2.02. The van der Waals surface area contributed by atoms with E-state index in [0.717, 1.165) is 19.4 Å². The molecule has 1 N–H and O–H groups in total. The number of hydrogen-bond donors (Lipinski definition) is 1. The Balaban J connectivity index is 2.59. The lowest BCUT2D eigenvalue weighted by molar-refractivity contribution is -0.384. The summed E-state index contributed by atoms with van der Waals surface area (Å²) in [5, 5.41) is 13.5. The van der Waals surface area contributed by atoms with Crippen molar-refractivity contribution in [2.24, 2.45) is 0 Å². The number of nitro groups is 1. The van der Waals surface area contributed by atoms with E-state index in [1.807, 2.05) is 0 Å². The van der Waals surface area contributed by atoms with Crippen LogP contribution >= 0.6 is 0 Å². The fourth-order valence-corrected chi connectivity index (χ4v) is 1.02. The Morgan fingerprint density at radius 2 is 2.43 bits per heavy atom. The molecule has 1 aromatic rings. The molecule has 0 aliphatic heterocycles. The Kier molecular flexibility index (Phi) is 3.84. The molecule has 1 heterocycles. The molecule has 0 saturated heterocycles. The summed E-state index contributed by atoms with van der Waals surface area (Å²) in [5.74, 6) is 0.563. The fraction of sp³-hybridized carbons (Fsp3) is 0.444. The van der Waals surface area contributed by atoms with Gasteiger partial charge in [0, 0.05) is 18.8 Å². The molecule has 0 radical (unpaired) electrons. The molecule has 0 amide bonds. The van der Waals surface area contributed by atoms with E-state index >= 15 is 0 Å². The molecule has 0 unspecified atom stereocenters. The lowest BCUT2D eigenvalue weighted by atomic mass is 10.3. The van der Waals surface area contributed by atoms with Crippen LogP contribution in [0.3, 0.4) is 0 Å². The molecule has 0 aliphatic rings. The fourth-order valence-electron chi connectivity index (χ4n) is 1.02. The van der Waals surface area contributed by atoms with Gasteiger partial charge in [-0.2, -0.15) is 0 Å². The summed E-state index contributed by atoms with van der Waals surface area (Å²) >= 11 is 0. The number of rotatable bonds is 5. The second kappa shape index (κ2) is 5.16. The van der Waals surface area contributed by atoms with Gasteiger partial charge in [0.2, 0.25) is 0 Å². The van der Waals surface area contributed by atoms with Crippen molar-refractivity contribution >= 4 is 11.5 Å². The highest BCUT2D eigenvalue weighted by molar-refractivity contribution is 5.43. The quantitative estimate of drug-likeness (QED) is 0.444. The molecular formula is C9H13N3O2. The third-order valence-electron chi connectivity index (χ3n) is 1.79. The van der Waals surface area contributed by atoms with Gasteiger partial charge in [0.1, 0.15) is 5.82 Å². The third-order valence-corrected chi connectivity index (χ3v) is 1.79. The van der Waals surface area contributed by atoms with E-state index in [0.29, 0.717) is 5.82 Å². The first-order valence-corrected chi connectivity index (χ1v) is 4.58. The van der Waals surface area contributed by atoms with Crippen LogP contribution in [-0.4, -0.2) is 16.5 Å². The second-order valence-electron chi connectivity index (χ2n) is 2.94. The van der Waals surface area contributed by atoms with Crippen molar-refractivity contribution in [1.29, 1.82) is 0 Å². The maximum Gasteiger partial charge on any atom is 0.274 e. The molecule has 0 fully saturated rings. The van der Waals surface area contributed by atoms with Crippen LogP contribution in [0.4, 0.5) is 11.5 Å². The van der Waals surface area contributed by atoms with Crippen LogP contribution in [0.1, 0.15) is 19.8 Å². The van der Waals surface area contributed by atoms with E-state index < -0.39 is 4.92 Å². The smallest absolute Gasteiger partial charge is 0.274 e. The van der Waals surface area contributed by atoms with Gasteiger partial charge in [-0.1, -0.05) is 13.3 Å². The molecule has 0 aliphatic carbocycles. The highest BCUT2D eigenvalue weighted by Crippen LogP contribution is 2.13. The van der Waals surface area contributed by atoms with Gasteiger partial charge in [-0.05, 0) is 6.42 Å². The Labute approximate surface area is 82.3 Å². The lowest BCUT2D eigenvalue weighted by Crippen LogP contribution is -2.03. The standard InChI is InChI=1S/C9H13N3O2/c1-2-3-5-10-9-7-8(12(13)14)4-6-11-9/h4,6-7H,2-3,5H2,1H3,(H,10,11). The Morgan fingerprint density at radius 3 is 3.07 bits per heavy atom. The topological polar surface area (TPSA) is 68.1 Å². The number of anilines is 1. The molecule has 1 rings (SSSR count). The van der Waals surface area contributed by atoms with Crippen molar-refractivity contribution < 1.29 is 4.92 Å². The van der Waals surface area contributed by atoms with E-state index in [-0.39, 0.29) is 5.69 Å². The van der Waals surface area contributed by atoms with Crippen LogP contribution in [0.2, 0.25) is 0 Å². The Hall–Kier alpha value is -1.65. The monoisotopic (exact) mass is 195 g/mol. The first-order valence-electron chi connectivity index (χ1n) is 4.58. The first kappa shape index (κ1) is 10.4. The zero-order valence-corrected chi connectivity index (χ0v) is 8.06. The predicted octanol–water partition coefficient (Wildman–Crippen LogP) is 2.20. The van der Waals surface area contributed by atoms with Crippen LogP contribution in [0.5, 0.6) is 0 Å². The number of nitrogens with zero attached hydrogens (tertiary/aromatic N) is 2. The maximum atomic E-state index is 10.4. The van der Waals surface area contributed by atoms with Gasteiger partial charge in [-0.15, -0.1) is 0 Å². The summed E-state index contributed by atoms with van der Waals surface area (Å²) in [6.07, 6.45) is 3.55. The average molecular weight is 195 g/mol. The van der Waals surface area contributed by atoms with Crippen molar-refractivity contribution in [3.05, 3.63) is 28.4 Å². The van der Waals surface area contributed by atoms with E-state index in [1.165, 1.54) is 18.3 Å². The van der Waals surface area contributed by atoms with Gasteiger partial charge in [-0.3, -0.25) is 10.1 Å². The van der Waals surface area contributed by atoms with Gasteiger partial charge in [-0.25, -0.2) is 4.98 Å². The minimum absolute atomic E-state index is 0.0685. The minimum atomic E-state index is -0.424. The van der Waals surface area contributed by atoms with Crippen molar-refractivity contribution in [2.75, 3.05) is 11.9 Å². The summed E-state index contributed by atoms with van der Waals surface area (Å²) in [6, 6.07) is 2.82. The minimum Gasteiger partial charge on any atom is -0.370 e. The van der Waals surface area contributed by atoms with Crippen molar-refractivity contribution in [1.82, 2.24) is 4.98 Å². The van der Waals surface area contributed by atoms with E-state index in [9.17, 15) is 10.1 Å². The molecule has 5 heteroatoms. The number of aromatic nitrogens is 1. The maximum absolute atomic E-state index is 10.4. The normalized spacial score (nSPS) is 9.79. The third kappa shape index (κ3) is 3.01. The molecule has 5 nitrogen and oxygen atoms in total. The molecule has 0 bridgehead atoms. The SMILES string of the molecule is CCCCNc1cc([N+](=O)[O-])ccn1. The molecule has 0 aromatic carbocycles. The van der Waals surface area contributed by atoms with Gasteiger partial charge in [0.25, 0.3) is 5.69 Å². The Morgan fingerprint density at radius 1 is 1.64 bits per heavy atom. The zero-order valence-electron chi connectivity index (χ0n) is 8.06. The van der Waals surface area contributed by atoms with E-state index in [1.54, 1.807) is 0 Å². The first-order chi connectivity index (χ1) is 6.74. The number of hydrogen-bond acceptors (Lipinski definition) is 4. The average Bonchev–Trinajstić information content (AvgIpc) is 2.19. The second-order valence-corrected chi connectivity index (χ2v) is 2.94. The van der Waals surface area contributed by atoms with Crippen LogP contribution in [-0.2, 0) is 0 Å². The summed E-state index contributed by atoms with van der Waals surface area (Å²) in [4.78, 5) is 14.0. The van der Waals surface area contributed by atoms with Gasteiger partial charge in [0.05, 0.1) is 11.0 Å². The largest absolute Gasteiger partial charge is 0.370 e. The number of unbranched alkanes of at least 4 members (excludes halogenated alkanes) is 1. The van der Waals surface area contributed by atoms with Crippen LogP contribution in [0.25, 0.3) is 0 Å². The highest BCUT2D eigenvalue weighted by atomic mass is 16.6. The molecule has 0 spiro atoms. The van der Waals surface area contributed by atoms with Gasteiger partial charge in [0.15, 0.2) is 0 Å². The molecule has 0 saturated carbocycles. The van der Waals surface area contributed by atoms with Gasteiger partial charge < -0.3 is 5.32 Å². The Bertz CT molecular complexity index is 315. The molecule has 76 valence electrons. The highest BCUT2D eigenvalue weighted by Gasteiger charge is 2.05. The number of nitrogens with one attached hydrogen (secondary N) is 1. The van der Waals surface area contributed by atoms with Crippen LogP contribution in [0.15, 0.2) is 18.3 Å². The summed E-state index contributed by atoms with van der Waals surface area (Å²) in [7, 11) is 0. The van der Waals surface area contributed by atoms with Crippen molar-refractivity contribution in [3.63, 3.8) is 0 Å². The van der Waals surface area contributed by atoms with E-state index in [4.69, 9.17) is 0 Å². The van der Waals surface area contributed by atoms with Crippen molar-refractivity contribution in [3.8, 4) is 0 Å². The van der Waals surface area contributed by atoms with E-state index in [2.05, 4.69) is 17.2 Å². The van der Waals surface area contributed by atoms with Crippen molar-refractivity contribution in [2.45, 2.75) is 19.8 Å². The summed E-state index contributed by atoms with van der Waals surface area (Å²) < 4.78 is 0. The van der Waals surface area contributed by atoms with Crippen LogP contribution in [0, 0.1) is 10.1 Å². The predicted molar refractivity (Wildman–Crippen MR) is 54.3 cm³/mol. The number of pyridine rings is 1. The molecule has 14 heavy (non-hydrogen) atoms. The van der Waals surface area contributed by atoms with Gasteiger partial charge >= 0.3 is 0 Å². The zero-order chi connectivity index (χ0) is 10.4. The molecular weight excluding hydrogens is 182 g/mol. The summed E-state index contributed by atoms with van der Waals surface area (Å²) in [5.41, 5.74) is 0.0685. The van der Waals surface area contributed by atoms with Crippen LogP contribution < -0.4 is 5.32 Å². The molecule has 0 atom stereocenters. The summed E-state index contributed by atoms with van der Waals surface area (Å²) in [6.45, 7) is 2.88. The molecule has 1 aromatic heterocycles.